The van der Waals surface area contributed by atoms with Crippen molar-refractivity contribution in [3.05, 3.63) is 35.5 Å². The molecule has 0 aliphatic carbocycles. The summed E-state index contributed by atoms with van der Waals surface area (Å²) in [4.78, 5) is 28.8. The van der Waals surface area contributed by atoms with E-state index < -0.39 is 0 Å². The Morgan fingerprint density at radius 2 is 2.04 bits per heavy atom. The van der Waals surface area contributed by atoms with Gasteiger partial charge in [-0.25, -0.2) is 0 Å². The molecule has 0 spiro atoms. The van der Waals surface area contributed by atoms with Crippen LogP contribution in [0.15, 0.2) is 24.4 Å². The number of carbonyl (C=O) groups excluding carboxylic acids is 2. The minimum atomic E-state index is 0.0208. The number of amides is 2. The molecule has 1 aromatic heterocycles. The van der Waals surface area contributed by atoms with Crippen LogP contribution in [0.3, 0.4) is 0 Å². The fourth-order valence-corrected chi connectivity index (χ4v) is 3.57. The fourth-order valence-electron chi connectivity index (χ4n) is 3.57. The number of piperidine rings is 1. The van der Waals surface area contributed by atoms with Crippen LogP contribution in [0, 0.1) is 12.8 Å². The van der Waals surface area contributed by atoms with Crippen LogP contribution in [0.25, 0.3) is 10.9 Å². The molecule has 3 rings (SSSR count). The molecule has 2 N–H and O–H groups in total. The third-order valence-electron chi connectivity index (χ3n) is 5.14. The lowest BCUT2D eigenvalue weighted by atomic mass is 9.96. The van der Waals surface area contributed by atoms with Crippen LogP contribution in [-0.4, -0.2) is 41.3 Å². The number of nitrogens with zero attached hydrogens (tertiary/aromatic N) is 1. The van der Waals surface area contributed by atoms with Gasteiger partial charge in [0, 0.05) is 50.1 Å². The largest absolute Gasteiger partial charge is 0.361 e. The van der Waals surface area contributed by atoms with Crippen LogP contribution in [0.4, 0.5) is 0 Å². The van der Waals surface area contributed by atoms with Gasteiger partial charge < -0.3 is 15.2 Å². The first kappa shape index (κ1) is 17.5. The van der Waals surface area contributed by atoms with E-state index in [1.54, 1.807) is 6.92 Å². The minimum absolute atomic E-state index is 0.0208. The Morgan fingerprint density at radius 3 is 2.76 bits per heavy atom. The summed E-state index contributed by atoms with van der Waals surface area (Å²) >= 11 is 0. The molecule has 0 atom stereocenters. The molecule has 2 heterocycles. The van der Waals surface area contributed by atoms with Crippen LogP contribution < -0.4 is 5.32 Å². The number of rotatable bonds is 5. The Bertz CT molecular complexity index is 757. The van der Waals surface area contributed by atoms with E-state index in [0.717, 1.165) is 44.4 Å². The van der Waals surface area contributed by atoms with Gasteiger partial charge in [-0.15, -0.1) is 0 Å². The van der Waals surface area contributed by atoms with Crippen molar-refractivity contribution >= 4 is 22.7 Å². The summed E-state index contributed by atoms with van der Waals surface area (Å²) in [6.07, 6.45) is 5.29. The number of hydrogen-bond donors (Lipinski definition) is 2. The van der Waals surface area contributed by atoms with Crippen LogP contribution in [0.2, 0.25) is 0 Å². The topological polar surface area (TPSA) is 65.2 Å². The van der Waals surface area contributed by atoms with Crippen molar-refractivity contribution in [1.82, 2.24) is 15.2 Å². The van der Waals surface area contributed by atoms with Gasteiger partial charge in [0.25, 0.3) is 0 Å². The number of benzene rings is 1. The number of aryl methyl sites for hydroxylation is 2. The van der Waals surface area contributed by atoms with E-state index in [9.17, 15) is 9.59 Å². The van der Waals surface area contributed by atoms with E-state index in [2.05, 4.69) is 35.4 Å². The normalized spacial score (nSPS) is 15.5. The quantitative estimate of drug-likeness (QED) is 0.878. The van der Waals surface area contributed by atoms with Crippen molar-refractivity contribution in [2.75, 3.05) is 19.6 Å². The van der Waals surface area contributed by atoms with Gasteiger partial charge in [-0.1, -0.05) is 11.6 Å². The lowest BCUT2D eigenvalue weighted by molar-refractivity contribution is -0.132. The Labute approximate surface area is 148 Å². The van der Waals surface area contributed by atoms with E-state index in [-0.39, 0.29) is 11.8 Å². The minimum Gasteiger partial charge on any atom is -0.361 e. The number of carbonyl (C=O) groups is 2. The van der Waals surface area contributed by atoms with E-state index in [1.807, 2.05) is 11.1 Å². The first-order valence-electron chi connectivity index (χ1n) is 9.12. The Hall–Kier alpha value is -2.30. The standard InChI is InChI=1S/C20H27N3O2/c1-14-3-5-19-18(11-14)17(13-22-19)4-6-20(25)23-9-7-16(8-10-23)12-21-15(2)24/h3,5,11,13,16,22H,4,6-10,12H2,1-2H3,(H,21,24). The van der Waals surface area contributed by atoms with Crippen molar-refractivity contribution in [3.8, 4) is 0 Å². The van der Waals surface area contributed by atoms with Gasteiger partial charge in [-0.2, -0.15) is 0 Å². The van der Waals surface area contributed by atoms with Crippen molar-refractivity contribution in [2.45, 2.75) is 39.5 Å². The third-order valence-corrected chi connectivity index (χ3v) is 5.14. The van der Waals surface area contributed by atoms with Crippen LogP contribution in [0.5, 0.6) is 0 Å². The van der Waals surface area contributed by atoms with Gasteiger partial charge in [0.1, 0.15) is 0 Å². The number of nitrogens with one attached hydrogen (secondary N) is 2. The molecule has 1 aliphatic rings. The molecule has 0 saturated carbocycles. The molecule has 0 unspecified atom stereocenters. The first-order chi connectivity index (χ1) is 12.0. The smallest absolute Gasteiger partial charge is 0.222 e. The van der Waals surface area contributed by atoms with Gasteiger partial charge in [0.15, 0.2) is 0 Å². The van der Waals surface area contributed by atoms with Gasteiger partial charge >= 0.3 is 0 Å². The second kappa shape index (κ2) is 7.72. The summed E-state index contributed by atoms with van der Waals surface area (Å²) < 4.78 is 0. The Kier molecular flexibility index (Phi) is 5.41. The van der Waals surface area contributed by atoms with Crippen LogP contribution in [0.1, 0.15) is 37.3 Å². The van der Waals surface area contributed by atoms with E-state index in [4.69, 9.17) is 0 Å². The second-order valence-corrected chi connectivity index (χ2v) is 7.12. The SMILES string of the molecule is CC(=O)NCC1CCN(C(=O)CCc2c[nH]c3ccc(C)cc23)CC1. The Morgan fingerprint density at radius 1 is 1.28 bits per heavy atom. The molecule has 5 nitrogen and oxygen atoms in total. The number of aromatic nitrogens is 1. The van der Waals surface area contributed by atoms with Crippen molar-refractivity contribution in [3.63, 3.8) is 0 Å². The molecule has 2 amide bonds. The van der Waals surface area contributed by atoms with Gasteiger partial charge in [-0.3, -0.25) is 9.59 Å². The van der Waals surface area contributed by atoms with E-state index in [1.165, 1.54) is 16.5 Å². The maximum atomic E-state index is 12.5. The van der Waals surface area contributed by atoms with E-state index in [0.29, 0.717) is 12.3 Å². The van der Waals surface area contributed by atoms with Gasteiger partial charge in [0.2, 0.25) is 11.8 Å². The zero-order chi connectivity index (χ0) is 17.8. The predicted octanol–water partition coefficient (Wildman–Crippen LogP) is 2.78. The zero-order valence-corrected chi connectivity index (χ0v) is 15.1. The first-order valence-corrected chi connectivity index (χ1v) is 9.12. The summed E-state index contributed by atoms with van der Waals surface area (Å²) in [6.45, 7) is 5.97. The fraction of sp³-hybridized carbons (Fsp3) is 0.500. The lowest BCUT2D eigenvalue weighted by Crippen LogP contribution is -2.41. The monoisotopic (exact) mass is 341 g/mol. The summed E-state index contributed by atoms with van der Waals surface area (Å²) in [6, 6.07) is 6.37. The molecular formula is C20H27N3O2. The highest BCUT2D eigenvalue weighted by Crippen LogP contribution is 2.22. The molecule has 0 radical (unpaired) electrons. The number of fused-ring (bicyclic) bond motifs is 1. The molecular weight excluding hydrogens is 314 g/mol. The number of likely N-dealkylation sites (tertiary alicyclic amines) is 1. The van der Waals surface area contributed by atoms with E-state index >= 15 is 0 Å². The average Bonchev–Trinajstić information content (AvgIpc) is 3.00. The third kappa shape index (κ3) is 4.41. The molecule has 1 aliphatic heterocycles. The van der Waals surface area contributed by atoms with Crippen molar-refractivity contribution < 1.29 is 9.59 Å². The molecule has 25 heavy (non-hydrogen) atoms. The molecule has 134 valence electrons. The summed E-state index contributed by atoms with van der Waals surface area (Å²) in [5, 5.41) is 4.10. The highest BCUT2D eigenvalue weighted by Gasteiger charge is 2.22. The van der Waals surface area contributed by atoms with Crippen molar-refractivity contribution in [2.24, 2.45) is 5.92 Å². The predicted molar refractivity (Wildman–Crippen MR) is 99.3 cm³/mol. The summed E-state index contributed by atoms with van der Waals surface area (Å²) in [5.74, 6) is 0.747. The van der Waals surface area contributed by atoms with Crippen molar-refractivity contribution in [1.29, 1.82) is 0 Å². The number of hydrogen-bond acceptors (Lipinski definition) is 2. The van der Waals surface area contributed by atoms with Crippen LogP contribution >= 0.6 is 0 Å². The molecule has 0 bridgehead atoms. The van der Waals surface area contributed by atoms with Gasteiger partial charge in [0.05, 0.1) is 0 Å². The molecule has 1 saturated heterocycles. The molecule has 1 fully saturated rings. The average molecular weight is 341 g/mol. The Balaban J connectivity index is 1.50. The number of H-pyrrole nitrogens is 1. The molecule has 1 aromatic carbocycles. The van der Waals surface area contributed by atoms with Gasteiger partial charge in [-0.05, 0) is 49.8 Å². The summed E-state index contributed by atoms with van der Waals surface area (Å²) in [7, 11) is 0. The summed E-state index contributed by atoms with van der Waals surface area (Å²) in [5.41, 5.74) is 3.58. The highest BCUT2D eigenvalue weighted by atomic mass is 16.2. The maximum absolute atomic E-state index is 12.5. The highest BCUT2D eigenvalue weighted by molar-refractivity contribution is 5.85. The molecule has 2 aromatic rings. The lowest BCUT2D eigenvalue weighted by Gasteiger charge is -2.32. The number of aromatic amines is 1. The molecule has 5 heteroatoms. The zero-order valence-electron chi connectivity index (χ0n) is 15.1. The second-order valence-electron chi connectivity index (χ2n) is 7.12. The van der Waals surface area contributed by atoms with Crippen LogP contribution in [-0.2, 0) is 16.0 Å². The maximum Gasteiger partial charge on any atom is 0.222 e.